The van der Waals surface area contributed by atoms with Gasteiger partial charge in [0, 0.05) is 16.3 Å². The zero-order valence-electron chi connectivity index (χ0n) is 6.80. The van der Waals surface area contributed by atoms with Gasteiger partial charge >= 0.3 is 0 Å². The first kappa shape index (κ1) is 10.8. The van der Waals surface area contributed by atoms with Crippen LogP contribution in [0.4, 0.5) is 0 Å². The fraction of sp³-hybridized carbons (Fsp3) is 0.222. The topological polar surface area (TPSA) is 17.1 Å². The summed E-state index contributed by atoms with van der Waals surface area (Å²) in [6.07, 6.45) is 1.28. The van der Waals surface area contributed by atoms with Gasteiger partial charge in [-0.1, -0.05) is 17.7 Å². The van der Waals surface area contributed by atoms with Gasteiger partial charge in [-0.25, -0.2) is 0 Å². The number of rotatable bonds is 4. The minimum absolute atomic E-state index is 0.412. The summed E-state index contributed by atoms with van der Waals surface area (Å²) in [5.41, 5.74) is 0.569. The number of thiophene rings is 1. The van der Waals surface area contributed by atoms with Crippen LogP contribution in [0.25, 0.3) is 5.03 Å². The van der Waals surface area contributed by atoms with E-state index in [1.54, 1.807) is 0 Å². The monoisotopic (exact) mass is 234 g/mol. The summed E-state index contributed by atoms with van der Waals surface area (Å²) in [4.78, 5) is 11.5. The highest BCUT2D eigenvalue weighted by Crippen LogP contribution is 2.27. The number of carbonyl (C=O) groups is 1. The number of hydrogen-bond acceptors (Lipinski definition) is 2. The van der Waals surface area contributed by atoms with Gasteiger partial charge in [-0.05, 0) is 17.9 Å². The molecule has 0 radical (unpaired) electrons. The molecule has 0 saturated carbocycles. The van der Waals surface area contributed by atoms with Gasteiger partial charge < -0.3 is 0 Å². The van der Waals surface area contributed by atoms with Crippen LogP contribution in [0.15, 0.2) is 23.1 Å². The SMILES string of the molecule is O=CC(CCCl)=C(Cl)c1cccs1. The largest absolute Gasteiger partial charge is 0.298 e. The Morgan fingerprint density at radius 2 is 2.38 bits per heavy atom. The molecule has 0 aliphatic heterocycles. The molecule has 0 unspecified atom stereocenters. The second kappa shape index (κ2) is 5.43. The first-order chi connectivity index (χ1) is 6.29. The van der Waals surface area contributed by atoms with E-state index in [4.69, 9.17) is 23.2 Å². The molecule has 13 heavy (non-hydrogen) atoms. The van der Waals surface area contributed by atoms with Gasteiger partial charge in [0.2, 0.25) is 0 Å². The Bertz CT molecular complexity index is 303. The van der Waals surface area contributed by atoms with Crippen molar-refractivity contribution in [3.05, 3.63) is 28.0 Å². The van der Waals surface area contributed by atoms with Gasteiger partial charge in [-0.15, -0.1) is 22.9 Å². The van der Waals surface area contributed by atoms with E-state index >= 15 is 0 Å². The molecule has 0 fully saturated rings. The van der Waals surface area contributed by atoms with Crippen LogP contribution in [-0.4, -0.2) is 12.2 Å². The van der Waals surface area contributed by atoms with Crippen molar-refractivity contribution in [2.45, 2.75) is 6.42 Å². The van der Waals surface area contributed by atoms with E-state index < -0.39 is 0 Å². The Kier molecular flexibility index (Phi) is 4.50. The second-order valence-corrected chi connectivity index (χ2v) is 4.08. The van der Waals surface area contributed by atoms with Crippen molar-refractivity contribution in [3.8, 4) is 0 Å². The average Bonchev–Trinajstić information content (AvgIpc) is 2.65. The highest BCUT2D eigenvalue weighted by molar-refractivity contribution is 7.12. The lowest BCUT2D eigenvalue weighted by atomic mass is 10.2. The molecule has 4 heteroatoms. The Hall–Kier alpha value is -0.310. The maximum atomic E-state index is 10.6. The van der Waals surface area contributed by atoms with Crippen LogP contribution in [0.5, 0.6) is 0 Å². The highest BCUT2D eigenvalue weighted by atomic mass is 35.5. The summed E-state index contributed by atoms with van der Waals surface area (Å²) < 4.78 is 0. The first-order valence-electron chi connectivity index (χ1n) is 3.73. The van der Waals surface area contributed by atoms with Crippen molar-refractivity contribution < 1.29 is 4.79 Å². The van der Waals surface area contributed by atoms with E-state index in [-0.39, 0.29) is 0 Å². The molecule has 1 aromatic rings. The third-order valence-corrected chi connectivity index (χ3v) is 3.16. The minimum Gasteiger partial charge on any atom is -0.298 e. The molecular formula is C9H8Cl2OS. The molecule has 70 valence electrons. The number of aldehydes is 1. The van der Waals surface area contributed by atoms with Crippen LogP contribution >= 0.6 is 34.5 Å². The van der Waals surface area contributed by atoms with E-state index in [1.807, 2.05) is 17.5 Å². The van der Waals surface area contributed by atoms with Crippen molar-refractivity contribution in [1.29, 1.82) is 0 Å². The third kappa shape index (κ3) is 2.83. The van der Waals surface area contributed by atoms with E-state index in [0.717, 1.165) is 11.2 Å². The minimum atomic E-state index is 0.412. The quantitative estimate of drug-likeness (QED) is 0.443. The van der Waals surface area contributed by atoms with Gasteiger partial charge in [0.25, 0.3) is 0 Å². The summed E-state index contributed by atoms with van der Waals surface area (Å²) in [6, 6.07) is 3.77. The molecule has 0 spiro atoms. The van der Waals surface area contributed by atoms with Gasteiger partial charge in [0.1, 0.15) is 6.29 Å². The van der Waals surface area contributed by atoms with Gasteiger partial charge in [-0.2, -0.15) is 0 Å². The third-order valence-electron chi connectivity index (χ3n) is 1.53. The number of alkyl halides is 1. The van der Waals surface area contributed by atoms with Crippen LogP contribution in [-0.2, 0) is 4.79 Å². The van der Waals surface area contributed by atoms with Crippen LogP contribution in [0.3, 0.4) is 0 Å². The molecule has 1 nitrogen and oxygen atoms in total. The molecule has 0 amide bonds. The van der Waals surface area contributed by atoms with Crippen LogP contribution in [0.2, 0.25) is 0 Å². The summed E-state index contributed by atoms with van der Waals surface area (Å²) in [5, 5.41) is 2.44. The Labute approximate surface area is 91.0 Å². The summed E-state index contributed by atoms with van der Waals surface area (Å²) in [5.74, 6) is 0.412. The smallest absolute Gasteiger partial charge is 0.147 e. The second-order valence-electron chi connectivity index (χ2n) is 2.37. The molecule has 0 aromatic carbocycles. The molecular weight excluding hydrogens is 227 g/mol. The highest BCUT2D eigenvalue weighted by Gasteiger charge is 2.06. The fourth-order valence-electron chi connectivity index (χ4n) is 0.884. The van der Waals surface area contributed by atoms with Crippen molar-refractivity contribution in [2.24, 2.45) is 0 Å². The molecule has 0 saturated heterocycles. The number of carbonyl (C=O) groups excluding carboxylic acids is 1. The Morgan fingerprint density at radius 3 is 2.85 bits per heavy atom. The van der Waals surface area contributed by atoms with E-state index in [1.165, 1.54) is 11.3 Å². The molecule has 1 aromatic heterocycles. The van der Waals surface area contributed by atoms with Crippen molar-refractivity contribution >= 4 is 45.9 Å². The first-order valence-corrected chi connectivity index (χ1v) is 5.52. The van der Waals surface area contributed by atoms with Crippen molar-refractivity contribution in [1.82, 2.24) is 0 Å². The zero-order valence-corrected chi connectivity index (χ0v) is 9.12. The molecule has 1 rings (SSSR count). The van der Waals surface area contributed by atoms with Crippen LogP contribution in [0.1, 0.15) is 11.3 Å². The van der Waals surface area contributed by atoms with E-state index in [9.17, 15) is 4.79 Å². The lowest BCUT2D eigenvalue weighted by Crippen LogP contribution is -1.88. The predicted octanol–water partition coefficient (Wildman–Crippen LogP) is 3.53. The van der Waals surface area contributed by atoms with Gasteiger partial charge in [0.15, 0.2) is 0 Å². The Morgan fingerprint density at radius 1 is 1.62 bits per heavy atom. The summed E-state index contributed by atoms with van der Waals surface area (Å²) in [7, 11) is 0. The maximum Gasteiger partial charge on any atom is 0.147 e. The van der Waals surface area contributed by atoms with Crippen molar-refractivity contribution in [3.63, 3.8) is 0 Å². The van der Waals surface area contributed by atoms with Gasteiger partial charge in [0.05, 0.1) is 5.03 Å². The number of hydrogen-bond donors (Lipinski definition) is 0. The average molecular weight is 235 g/mol. The maximum absolute atomic E-state index is 10.6. The molecule has 0 N–H and O–H groups in total. The van der Waals surface area contributed by atoms with Crippen molar-refractivity contribution in [2.75, 3.05) is 5.88 Å². The molecule has 0 aliphatic rings. The summed E-state index contributed by atoms with van der Waals surface area (Å²) in [6.45, 7) is 0. The lowest BCUT2D eigenvalue weighted by molar-refractivity contribution is -0.104. The van der Waals surface area contributed by atoms with E-state index in [0.29, 0.717) is 22.9 Å². The molecule has 0 aliphatic carbocycles. The summed E-state index contributed by atoms with van der Waals surface area (Å²) >= 11 is 13.0. The number of allylic oxidation sites excluding steroid dienone is 1. The normalized spacial score (nSPS) is 12.5. The molecule has 0 atom stereocenters. The molecule has 1 heterocycles. The standard InChI is InChI=1S/C9H8Cl2OS/c10-4-3-7(6-12)9(11)8-2-1-5-13-8/h1-2,5-6H,3-4H2. The fourth-order valence-corrected chi connectivity index (χ4v) is 2.12. The van der Waals surface area contributed by atoms with Gasteiger partial charge in [-0.3, -0.25) is 4.79 Å². The van der Waals surface area contributed by atoms with Crippen LogP contribution < -0.4 is 0 Å². The van der Waals surface area contributed by atoms with Crippen LogP contribution in [0, 0.1) is 0 Å². The molecule has 0 bridgehead atoms. The lowest BCUT2D eigenvalue weighted by Gasteiger charge is -1.99. The zero-order chi connectivity index (χ0) is 9.68. The Balaban J connectivity index is 2.94. The van der Waals surface area contributed by atoms with E-state index in [2.05, 4.69) is 0 Å². The number of halogens is 2. The predicted molar refractivity (Wildman–Crippen MR) is 58.5 cm³/mol.